The van der Waals surface area contributed by atoms with E-state index in [2.05, 4.69) is 15.9 Å². The Morgan fingerprint density at radius 2 is 2.21 bits per heavy atom. The predicted molar refractivity (Wildman–Crippen MR) is 79.3 cm³/mol. The van der Waals surface area contributed by atoms with Gasteiger partial charge in [0.15, 0.2) is 0 Å². The van der Waals surface area contributed by atoms with E-state index >= 15 is 0 Å². The van der Waals surface area contributed by atoms with Crippen LogP contribution in [0.4, 0.5) is 0 Å². The zero-order valence-corrected chi connectivity index (χ0v) is 12.8. The van der Waals surface area contributed by atoms with Gasteiger partial charge in [0.25, 0.3) is 5.91 Å². The van der Waals surface area contributed by atoms with Crippen molar-refractivity contribution in [3.8, 4) is 0 Å². The lowest BCUT2D eigenvalue weighted by molar-refractivity contribution is 0.0561. The zero-order chi connectivity index (χ0) is 13.8. The van der Waals surface area contributed by atoms with E-state index in [-0.39, 0.29) is 12.5 Å². The number of hydrogen-bond acceptors (Lipinski definition) is 2. The number of halogens is 1. The van der Waals surface area contributed by atoms with Crippen molar-refractivity contribution in [2.45, 2.75) is 38.6 Å². The molecule has 2 rings (SSSR count). The Hall–Kier alpha value is -0.870. The first-order chi connectivity index (χ1) is 9.13. The first kappa shape index (κ1) is 14.5. The summed E-state index contributed by atoms with van der Waals surface area (Å²) in [5.41, 5.74) is 1.85. The van der Waals surface area contributed by atoms with E-state index < -0.39 is 0 Å². The minimum atomic E-state index is 0.0741. The lowest BCUT2D eigenvalue weighted by Crippen LogP contribution is -2.45. The second-order valence-corrected chi connectivity index (χ2v) is 6.00. The summed E-state index contributed by atoms with van der Waals surface area (Å²) >= 11 is 3.48. The van der Waals surface area contributed by atoms with E-state index in [4.69, 9.17) is 5.11 Å². The Morgan fingerprint density at radius 3 is 2.74 bits per heavy atom. The summed E-state index contributed by atoms with van der Waals surface area (Å²) in [6.07, 6.45) is 4.01. The lowest BCUT2D eigenvalue weighted by Gasteiger charge is -2.37. The average molecular weight is 326 g/mol. The number of carbonyl (C=O) groups excluding carboxylic acids is 1. The highest BCUT2D eigenvalue weighted by Crippen LogP contribution is 2.28. The molecule has 0 bridgehead atoms. The number of amides is 1. The second kappa shape index (κ2) is 6.53. The van der Waals surface area contributed by atoms with Crippen LogP contribution in [0.2, 0.25) is 0 Å². The Kier molecular flexibility index (Phi) is 4.99. The van der Waals surface area contributed by atoms with Crippen LogP contribution in [0.1, 0.15) is 41.6 Å². The molecule has 0 aliphatic heterocycles. The van der Waals surface area contributed by atoms with Crippen LogP contribution in [0.3, 0.4) is 0 Å². The van der Waals surface area contributed by atoms with Crippen LogP contribution in [0.5, 0.6) is 0 Å². The topological polar surface area (TPSA) is 40.5 Å². The molecule has 1 aliphatic rings. The highest BCUT2D eigenvalue weighted by molar-refractivity contribution is 9.10. The minimum absolute atomic E-state index is 0.0741. The van der Waals surface area contributed by atoms with Gasteiger partial charge in [-0.1, -0.05) is 6.07 Å². The van der Waals surface area contributed by atoms with Crippen LogP contribution in [0.15, 0.2) is 22.7 Å². The molecular weight excluding hydrogens is 306 g/mol. The average Bonchev–Trinajstić information content (AvgIpc) is 2.31. The fourth-order valence-electron chi connectivity index (χ4n) is 2.34. The fourth-order valence-corrected chi connectivity index (χ4v) is 3.00. The third-order valence-electron chi connectivity index (χ3n) is 3.69. The van der Waals surface area contributed by atoms with Crippen LogP contribution < -0.4 is 0 Å². The first-order valence-corrected chi connectivity index (χ1v) is 7.60. The largest absolute Gasteiger partial charge is 0.396 e. The predicted octanol–water partition coefficient (Wildman–Crippen LogP) is 3.13. The van der Waals surface area contributed by atoms with Crippen molar-refractivity contribution in [3.05, 3.63) is 33.8 Å². The van der Waals surface area contributed by atoms with Gasteiger partial charge in [0.1, 0.15) is 0 Å². The van der Waals surface area contributed by atoms with Gasteiger partial charge >= 0.3 is 0 Å². The normalized spacial score (nSPS) is 15.1. The molecule has 1 fully saturated rings. The molecule has 0 aromatic heterocycles. The summed E-state index contributed by atoms with van der Waals surface area (Å²) in [7, 11) is 0. The Morgan fingerprint density at radius 1 is 1.47 bits per heavy atom. The molecule has 0 saturated heterocycles. The number of benzene rings is 1. The third-order valence-corrected chi connectivity index (χ3v) is 4.34. The van der Waals surface area contributed by atoms with Crippen molar-refractivity contribution in [2.75, 3.05) is 13.2 Å². The summed E-state index contributed by atoms with van der Waals surface area (Å²) in [4.78, 5) is 14.6. The first-order valence-electron chi connectivity index (χ1n) is 6.81. The molecule has 1 aromatic rings. The number of hydrogen-bond donors (Lipinski definition) is 1. The maximum atomic E-state index is 12.6. The molecule has 0 spiro atoms. The summed E-state index contributed by atoms with van der Waals surface area (Å²) < 4.78 is 0.853. The van der Waals surface area contributed by atoms with Gasteiger partial charge in [-0.3, -0.25) is 4.79 Å². The quantitative estimate of drug-likeness (QED) is 0.903. The molecule has 0 unspecified atom stereocenters. The highest BCUT2D eigenvalue weighted by atomic mass is 79.9. The van der Waals surface area contributed by atoms with Crippen molar-refractivity contribution in [2.24, 2.45) is 0 Å². The highest BCUT2D eigenvalue weighted by Gasteiger charge is 2.29. The number of rotatable bonds is 5. The molecular formula is C15H20BrNO2. The number of aliphatic hydroxyl groups is 1. The molecule has 1 saturated carbocycles. The number of aliphatic hydroxyl groups excluding tert-OH is 1. The third kappa shape index (κ3) is 3.37. The number of nitrogens with zero attached hydrogens (tertiary/aromatic N) is 1. The van der Waals surface area contributed by atoms with Gasteiger partial charge in [-0.25, -0.2) is 0 Å². The van der Waals surface area contributed by atoms with Crippen molar-refractivity contribution in [1.29, 1.82) is 0 Å². The molecule has 1 aromatic carbocycles. The van der Waals surface area contributed by atoms with Crippen molar-refractivity contribution < 1.29 is 9.90 Å². The number of aryl methyl sites for hydroxylation is 1. The molecule has 1 N–H and O–H groups in total. The fraction of sp³-hybridized carbons (Fsp3) is 0.533. The maximum absolute atomic E-state index is 12.6. The van der Waals surface area contributed by atoms with Gasteiger partial charge in [0.05, 0.1) is 5.56 Å². The van der Waals surface area contributed by atoms with E-state index in [0.29, 0.717) is 19.0 Å². The summed E-state index contributed by atoms with van der Waals surface area (Å²) in [6.45, 7) is 2.78. The molecule has 104 valence electrons. The molecule has 0 atom stereocenters. The minimum Gasteiger partial charge on any atom is -0.396 e. The van der Waals surface area contributed by atoms with Crippen molar-refractivity contribution >= 4 is 21.8 Å². The van der Waals surface area contributed by atoms with Crippen LogP contribution in [0, 0.1) is 6.92 Å². The van der Waals surface area contributed by atoms with Gasteiger partial charge in [-0.2, -0.15) is 0 Å². The molecule has 19 heavy (non-hydrogen) atoms. The maximum Gasteiger partial charge on any atom is 0.255 e. The van der Waals surface area contributed by atoms with Gasteiger partial charge in [0, 0.05) is 23.7 Å². The zero-order valence-electron chi connectivity index (χ0n) is 11.2. The number of carbonyl (C=O) groups is 1. The Bertz CT molecular complexity index is 457. The Balaban J connectivity index is 2.17. The van der Waals surface area contributed by atoms with Crippen LogP contribution in [-0.4, -0.2) is 35.1 Å². The van der Waals surface area contributed by atoms with Gasteiger partial charge in [-0.15, -0.1) is 0 Å². The second-order valence-electron chi connectivity index (χ2n) is 5.14. The lowest BCUT2D eigenvalue weighted by atomic mass is 9.90. The summed E-state index contributed by atoms with van der Waals surface area (Å²) in [5.74, 6) is 0.0741. The van der Waals surface area contributed by atoms with Gasteiger partial charge < -0.3 is 10.0 Å². The summed E-state index contributed by atoms with van der Waals surface area (Å²) in [5, 5.41) is 8.98. The monoisotopic (exact) mass is 325 g/mol. The molecule has 1 amide bonds. The van der Waals surface area contributed by atoms with E-state index in [9.17, 15) is 4.79 Å². The van der Waals surface area contributed by atoms with Crippen LogP contribution >= 0.6 is 15.9 Å². The summed E-state index contributed by atoms with van der Waals surface area (Å²) in [6, 6.07) is 6.17. The van der Waals surface area contributed by atoms with E-state index in [0.717, 1.165) is 28.4 Å². The van der Waals surface area contributed by atoms with Crippen molar-refractivity contribution in [1.82, 2.24) is 4.90 Å². The van der Waals surface area contributed by atoms with Gasteiger partial charge in [-0.05, 0) is 66.2 Å². The SMILES string of the molecule is Cc1ccc(C(=O)N(CCCO)C2CCC2)c(Br)c1. The van der Waals surface area contributed by atoms with Crippen molar-refractivity contribution in [3.63, 3.8) is 0 Å². The standard InChI is InChI=1S/C15H20BrNO2/c1-11-6-7-13(14(16)10-11)15(19)17(8-3-9-18)12-4-2-5-12/h6-7,10,12,18H,2-5,8-9H2,1H3. The van der Waals surface area contributed by atoms with Crippen LogP contribution in [0.25, 0.3) is 0 Å². The molecule has 4 heteroatoms. The van der Waals surface area contributed by atoms with E-state index in [1.807, 2.05) is 30.0 Å². The molecule has 0 radical (unpaired) electrons. The van der Waals surface area contributed by atoms with Crippen LogP contribution in [-0.2, 0) is 0 Å². The van der Waals surface area contributed by atoms with Gasteiger partial charge in [0.2, 0.25) is 0 Å². The molecule has 0 heterocycles. The molecule has 1 aliphatic carbocycles. The van der Waals surface area contributed by atoms with E-state index in [1.165, 1.54) is 6.42 Å². The molecule has 3 nitrogen and oxygen atoms in total. The Labute approximate surface area is 122 Å². The van der Waals surface area contributed by atoms with E-state index in [1.54, 1.807) is 0 Å². The smallest absolute Gasteiger partial charge is 0.255 e.